The standard InChI is InChI=1S/C11H13N3O.ClH/c1-8-7-11(12)14(13-8)9-5-3-4-6-10(9)15-2;/h3-7H,12H2,1-2H3;1H. The number of benzene rings is 1. The molecular formula is C11H14ClN3O. The number of nitrogens with two attached hydrogens (primary N) is 1. The van der Waals surface area contributed by atoms with Crippen LogP contribution in [0.4, 0.5) is 5.82 Å². The second-order valence-electron chi connectivity index (χ2n) is 3.29. The number of ether oxygens (including phenoxy) is 1. The highest BCUT2D eigenvalue weighted by Crippen LogP contribution is 2.24. The highest BCUT2D eigenvalue weighted by atomic mass is 35.5. The van der Waals surface area contributed by atoms with Gasteiger partial charge in [-0.15, -0.1) is 12.4 Å². The Morgan fingerprint density at radius 3 is 2.56 bits per heavy atom. The van der Waals surface area contributed by atoms with E-state index in [9.17, 15) is 0 Å². The Morgan fingerprint density at radius 1 is 1.31 bits per heavy atom. The van der Waals surface area contributed by atoms with Crippen molar-refractivity contribution in [3.63, 3.8) is 0 Å². The minimum Gasteiger partial charge on any atom is -0.494 e. The van der Waals surface area contributed by atoms with Crippen molar-refractivity contribution in [2.45, 2.75) is 6.92 Å². The Labute approximate surface area is 100 Å². The minimum atomic E-state index is 0. The summed E-state index contributed by atoms with van der Waals surface area (Å²) in [5.41, 5.74) is 7.58. The molecule has 2 N–H and O–H groups in total. The first-order valence-corrected chi connectivity index (χ1v) is 4.68. The Morgan fingerprint density at radius 2 is 2.00 bits per heavy atom. The van der Waals surface area contributed by atoms with E-state index >= 15 is 0 Å². The number of halogens is 1. The van der Waals surface area contributed by atoms with Gasteiger partial charge in [0.25, 0.3) is 0 Å². The van der Waals surface area contributed by atoms with Crippen molar-refractivity contribution in [1.29, 1.82) is 0 Å². The summed E-state index contributed by atoms with van der Waals surface area (Å²) in [6, 6.07) is 9.46. The van der Waals surface area contributed by atoms with Gasteiger partial charge in [0.05, 0.1) is 12.8 Å². The Bertz CT molecular complexity index is 482. The summed E-state index contributed by atoms with van der Waals surface area (Å²) in [5.74, 6) is 1.37. The highest BCUT2D eigenvalue weighted by Gasteiger charge is 2.08. The van der Waals surface area contributed by atoms with Gasteiger partial charge in [0.1, 0.15) is 17.3 Å². The summed E-state index contributed by atoms with van der Waals surface area (Å²) in [6.07, 6.45) is 0. The summed E-state index contributed by atoms with van der Waals surface area (Å²) in [5, 5.41) is 4.30. The molecule has 0 aliphatic rings. The molecule has 0 radical (unpaired) electrons. The second-order valence-corrected chi connectivity index (χ2v) is 3.29. The number of nitrogen functional groups attached to an aromatic ring is 1. The fraction of sp³-hybridized carbons (Fsp3) is 0.182. The van der Waals surface area contributed by atoms with Crippen LogP contribution >= 0.6 is 12.4 Å². The van der Waals surface area contributed by atoms with Gasteiger partial charge in [-0.25, -0.2) is 4.68 Å². The quantitative estimate of drug-likeness (QED) is 0.874. The van der Waals surface area contributed by atoms with Crippen molar-refractivity contribution in [3.8, 4) is 11.4 Å². The van der Waals surface area contributed by atoms with Crippen LogP contribution in [0, 0.1) is 6.92 Å². The maximum atomic E-state index is 5.84. The monoisotopic (exact) mass is 239 g/mol. The maximum absolute atomic E-state index is 5.84. The summed E-state index contributed by atoms with van der Waals surface area (Å²) in [6.45, 7) is 1.91. The highest BCUT2D eigenvalue weighted by molar-refractivity contribution is 5.85. The predicted octanol–water partition coefficient (Wildman–Crippen LogP) is 2.19. The van der Waals surface area contributed by atoms with E-state index in [0.29, 0.717) is 5.82 Å². The number of nitrogens with zero attached hydrogens (tertiary/aromatic N) is 2. The molecule has 5 heteroatoms. The van der Waals surface area contributed by atoms with E-state index < -0.39 is 0 Å². The Hall–Kier alpha value is -1.68. The number of methoxy groups -OCH3 is 1. The van der Waals surface area contributed by atoms with Crippen LogP contribution < -0.4 is 10.5 Å². The molecule has 0 aliphatic carbocycles. The van der Waals surface area contributed by atoms with Crippen LogP contribution in [0.25, 0.3) is 5.69 Å². The van der Waals surface area contributed by atoms with Gasteiger partial charge in [-0.3, -0.25) is 0 Å². The third-order valence-corrected chi connectivity index (χ3v) is 2.17. The molecule has 1 aromatic heterocycles. The van der Waals surface area contributed by atoms with Gasteiger partial charge in [-0.05, 0) is 19.1 Å². The predicted molar refractivity (Wildman–Crippen MR) is 66.5 cm³/mol. The third-order valence-electron chi connectivity index (χ3n) is 2.17. The molecular weight excluding hydrogens is 226 g/mol. The van der Waals surface area contributed by atoms with Crippen molar-refractivity contribution in [1.82, 2.24) is 9.78 Å². The van der Waals surface area contributed by atoms with Crippen molar-refractivity contribution >= 4 is 18.2 Å². The van der Waals surface area contributed by atoms with Gasteiger partial charge in [-0.1, -0.05) is 12.1 Å². The molecule has 0 bridgehead atoms. The van der Waals surface area contributed by atoms with Gasteiger partial charge in [0.15, 0.2) is 0 Å². The molecule has 0 aliphatic heterocycles. The molecule has 0 spiro atoms. The van der Waals surface area contributed by atoms with Gasteiger partial charge >= 0.3 is 0 Å². The molecule has 0 amide bonds. The Balaban J connectivity index is 0.00000128. The molecule has 0 saturated carbocycles. The lowest BCUT2D eigenvalue weighted by molar-refractivity contribution is 0.412. The van der Waals surface area contributed by atoms with E-state index in [2.05, 4.69) is 5.10 Å². The number of hydrogen-bond acceptors (Lipinski definition) is 3. The normalized spacial score (nSPS) is 9.62. The average Bonchev–Trinajstić information content (AvgIpc) is 2.57. The van der Waals surface area contributed by atoms with E-state index in [1.807, 2.05) is 37.3 Å². The van der Waals surface area contributed by atoms with Crippen LogP contribution in [0.1, 0.15) is 5.69 Å². The van der Waals surface area contributed by atoms with Crippen LogP contribution in [0.3, 0.4) is 0 Å². The first-order valence-electron chi connectivity index (χ1n) is 4.68. The number of anilines is 1. The lowest BCUT2D eigenvalue weighted by Gasteiger charge is -2.08. The lowest BCUT2D eigenvalue weighted by atomic mass is 10.3. The molecule has 0 saturated heterocycles. The van der Waals surface area contributed by atoms with Crippen LogP contribution in [0.15, 0.2) is 30.3 Å². The smallest absolute Gasteiger partial charge is 0.144 e. The zero-order valence-electron chi connectivity index (χ0n) is 9.18. The van der Waals surface area contributed by atoms with Gasteiger partial charge in [-0.2, -0.15) is 5.10 Å². The molecule has 1 heterocycles. The molecule has 2 aromatic rings. The lowest BCUT2D eigenvalue weighted by Crippen LogP contribution is -2.03. The maximum Gasteiger partial charge on any atom is 0.144 e. The van der Waals surface area contributed by atoms with Crippen LogP contribution in [0.2, 0.25) is 0 Å². The minimum absolute atomic E-state index is 0. The van der Waals surface area contributed by atoms with Crippen molar-refractivity contribution < 1.29 is 4.74 Å². The van der Waals surface area contributed by atoms with Crippen LogP contribution in [0.5, 0.6) is 5.75 Å². The van der Waals surface area contributed by atoms with Crippen LogP contribution in [-0.2, 0) is 0 Å². The number of aryl methyl sites for hydroxylation is 1. The summed E-state index contributed by atoms with van der Waals surface area (Å²) in [4.78, 5) is 0. The first kappa shape index (κ1) is 12.4. The second kappa shape index (κ2) is 4.90. The molecule has 86 valence electrons. The van der Waals surface area contributed by atoms with E-state index in [1.54, 1.807) is 11.8 Å². The number of rotatable bonds is 2. The number of hydrogen-bond donors (Lipinski definition) is 1. The van der Waals surface area contributed by atoms with Crippen molar-refractivity contribution in [3.05, 3.63) is 36.0 Å². The molecule has 1 aromatic carbocycles. The zero-order valence-corrected chi connectivity index (χ0v) is 9.99. The zero-order chi connectivity index (χ0) is 10.8. The molecule has 16 heavy (non-hydrogen) atoms. The van der Waals surface area contributed by atoms with Crippen molar-refractivity contribution in [2.75, 3.05) is 12.8 Å². The summed E-state index contributed by atoms with van der Waals surface area (Å²) >= 11 is 0. The van der Waals surface area contributed by atoms with E-state index in [-0.39, 0.29) is 12.4 Å². The molecule has 2 rings (SSSR count). The topological polar surface area (TPSA) is 53.1 Å². The Kier molecular flexibility index (Phi) is 3.79. The molecule has 0 unspecified atom stereocenters. The molecule has 0 atom stereocenters. The largest absolute Gasteiger partial charge is 0.494 e. The first-order chi connectivity index (χ1) is 7.22. The van der Waals surface area contributed by atoms with Gasteiger partial charge in [0, 0.05) is 6.07 Å². The SMILES string of the molecule is COc1ccccc1-n1nc(C)cc1N.Cl. The fourth-order valence-electron chi connectivity index (χ4n) is 1.52. The van der Waals surface area contributed by atoms with E-state index in [1.165, 1.54) is 0 Å². The van der Waals surface area contributed by atoms with E-state index in [4.69, 9.17) is 10.5 Å². The van der Waals surface area contributed by atoms with Gasteiger partial charge < -0.3 is 10.5 Å². The average molecular weight is 240 g/mol. The van der Waals surface area contributed by atoms with Crippen LogP contribution in [-0.4, -0.2) is 16.9 Å². The van der Waals surface area contributed by atoms with Gasteiger partial charge in [0.2, 0.25) is 0 Å². The summed E-state index contributed by atoms with van der Waals surface area (Å²) in [7, 11) is 1.63. The van der Waals surface area contributed by atoms with E-state index in [0.717, 1.165) is 17.1 Å². The summed E-state index contributed by atoms with van der Waals surface area (Å²) < 4.78 is 6.92. The number of para-hydroxylation sites is 2. The van der Waals surface area contributed by atoms with Crippen molar-refractivity contribution in [2.24, 2.45) is 0 Å². The third kappa shape index (κ3) is 2.12. The fourth-order valence-corrected chi connectivity index (χ4v) is 1.52. The molecule has 4 nitrogen and oxygen atoms in total. The number of aromatic nitrogens is 2. The molecule has 0 fully saturated rings.